The van der Waals surface area contributed by atoms with E-state index in [1.54, 1.807) is 12.1 Å². The standard InChI is InChI=1S/C28H29N2O2S.ClHO4/c1-2-3-14-26-19-25(23-10-6-4-7-11-23)20-28(24-12-8-5-9-13-24)30(26)21-22-15-17-27(18-16-22)33(29,31)32;2-1(3,4)5/h4-13,15-20H,2-3,14,21H2,1H3,(H2,29,31,32);(H,2,3,4,5)/q+1;/p-1. The average Bonchev–Trinajstić information content (AvgIpc) is 2.88. The Hall–Kier alpha value is -3.15. The molecule has 1 aromatic heterocycles. The highest BCUT2D eigenvalue weighted by molar-refractivity contribution is 7.89. The molecule has 200 valence electrons. The van der Waals surface area contributed by atoms with Crippen LogP contribution in [0.15, 0.2) is 102 Å². The number of aromatic nitrogens is 1. The summed E-state index contributed by atoms with van der Waals surface area (Å²) in [5, 5.41) is 5.28. The number of hydrogen-bond donors (Lipinski definition) is 1. The van der Waals surface area contributed by atoms with Crippen molar-refractivity contribution in [2.24, 2.45) is 5.14 Å². The third kappa shape index (κ3) is 9.00. The van der Waals surface area contributed by atoms with Crippen LogP contribution in [-0.4, -0.2) is 8.42 Å². The molecule has 0 spiro atoms. The molecular formula is C28H29ClN2O6S. The molecule has 10 heteroatoms. The van der Waals surface area contributed by atoms with Gasteiger partial charge in [-0.05, 0) is 41.8 Å². The summed E-state index contributed by atoms with van der Waals surface area (Å²) >= 11 is 0. The van der Waals surface area contributed by atoms with E-state index in [4.69, 9.17) is 23.8 Å². The first-order valence-electron chi connectivity index (χ1n) is 11.9. The van der Waals surface area contributed by atoms with E-state index >= 15 is 0 Å². The fourth-order valence-electron chi connectivity index (χ4n) is 4.04. The van der Waals surface area contributed by atoms with Crippen LogP contribution in [0.3, 0.4) is 0 Å². The van der Waals surface area contributed by atoms with E-state index in [1.165, 1.54) is 16.8 Å². The fraction of sp³-hybridized carbons (Fsp3) is 0.179. The van der Waals surface area contributed by atoms with E-state index in [9.17, 15) is 8.42 Å². The van der Waals surface area contributed by atoms with Crippen molar-refractivity contribution in [2.75, 3.05) is 0 Å². The molecule has 0 saturated heterocycles. The van der Waals surface area contributed by atoms with Gasteiger partial charge in [-0.1, -0.05) is 74.0 Å². The Balaban J connectivity index is 0.000000732. The van der Waals surface area contributed by atoms with E-state index in [2.05, 4.69) is 72.2 Å². The Morgan fingerprint density at radius 3 is 1.79 bits per heavy atom. The third-order valence-electron chi connectivity index (χ3n) is 5.81. The molecule has 0 bridgehead atoms. The fourth-order valence-corrected chi connectivity index (χ4v) is 4.56. The van der Waals surface area contributed by atoms with Crippen molar-refractivity contribution in [3.8, 4) is 22.4 Å². The molecule has 4 rings (SSSR count). The second kappa shape index (κ2) is 13.1. The highest BCUT2D eigenvalue weighted by Gasteiger charge is 2.22. The highest BCUT2D eigenvalue weighted by Crippen LogP contribution is 2.26. The van der Waals surface area contributed by atoms with Crippen LogP contribution in [-0.2, 0) is 23.0 Å². The SMILES string of the molecule is CCCCc1cc(-c2ccccc2)cc(-c2ccccc2)[n+]1Cc1ccc(S(N)(=O)=O)cc1.[O-][Cl+3]([O-])([O-])[O-]. The minimum Gasteiger partial charge on any atom is -0.225 e. The normalized spacial score (nSPS) is 11.5. The van der Waals surface area contributed by atoms with E-state index in [-0.39, 0.29) is 4.90 Å². The van der Waals surface area contributed by atoms with E-state index < -0.39 is 20.3 Å². The van der Waals surface area contributed by atoms with Crippen LogP contribution in [0.4, 0.5) is 0 Å². The summed E-state index contributed by atoms with van der Waals surface area (Å²) in [6, 6.07) is 32.2. The van der Waals surface area contributed by atoms with Gasteiger partial charge in [0.25, 0.3) is 0 Å². The largest absolute Gasteiger partial charge is 0.238 e. The van der Waals surface area contributed by atoms with Gasteiger partial charge in [-0.2, -0.15) is 4.57 Å². The third-order valence-corrected chi connectivity index (χ3v) is 6.74. The number of nitrogens with zero attached hydrogens (tertiary/aromatic N) is 1. The molecule has 1 heterocycles. The van der Waals surface area contributed by atoms with E-state index in [0.717, 1.165) is 36.1 Å². The van der Waals surface area contributed by atoms with Crippen molar-refractivity contribution in [1.82, 2.24) is 0 Å². The minimum absolute atomic E-state index is 0.130. The number of aryl methyl sites for hydroxylation is 1. The molecule has 0 unspecified atom stereocenters. The lowest BCUT2D eigenvalue weighted by molar-refractivity contribution is -2.00. The van der Waals surface area contributed by atoms with Gasteiger partial charge in [-0.15, -0.1) is 10.2 Å². The Labute approximate surface area is 225 Å². The molecular weight excluding hydrogens is 528 g/mol. The minimum atomic E-state index is -4.94. The number of benzene rings is 3. The van der Waals surface area contributed by atoms with Gasteiger partial charge in [-0.3, -0.25) is 0 Å². The lowest BCUT2D eigenvalue weighted by Crippen LogP contribution is -2.68. The van der Waals surface area contributed by atoms with Gasteiger partial charge in [0.05, 0.1) is 4.90 Å². The maximum absolute atomic E-state index is 11.7. The molecule has 2 N–H and O–H groups in total. The number of rotatable bonds is 8. The van der Waals surface area contributed by atoms with Gasteiger partial charge in [0.1, 0.15) is 0 Å². The van der Waals surface area contributed by atoms with Crippen LogP contribution in [0, 0.1) is 10.2 Å². The van der Waals surface area contributed by atoms with Crippen LogP contribution in [0.5, 0.6) is 0 Å². The van der Waals surface area contributed by atoms with Crippen LogP contribution in [0.1, 0.15) is 31.0 Å². The Bertz CT molecular complexity index is 1420. The molecule has 0 amide bonds. The smallest absolute Gasteiger partial charge is 0.225 e. The first-order chi connectivity index (χ1) is 18.0. The maximum atomic E-state index is 11.7. The Kier molecular flexibility index (Phi) is 10.1. The maximum Gasteiger partial charge on any atom is 0.238 e. The second-order valence-corrected chi connectivity index (χ2v) is 10.9. The first kappa shape index (κ1) is 29.4. The molecule has 4 aromatic rings. The number of hydrogen-bond acceptors (Lipinski definition) is 6. The summed E-state index contributed by atoms with van der Waals surface area (Å²) in [5.41, 5.74) is 6.95. The zero-order valence-corrected chi connectivity index (χ0v) is 22.4. The summed E-state index contributed by atoms with van der Waals surface area (Å²) in [4.78, 5) is 0.130. The Morgan fingerprint density at radius 2 is 1.29 bits per heavy atom. The van der Waals surface area contributed by atoms with Crippen molar-refractivity contribution in [3.05, 3.63) is 108 Å². The van der Waals surface area contributed by atoms with Crippen molar-refractivity contribution >= 4 is 10.0 Å². The van der Waals surface area contributed by atoms with Crippen molar-refractivity contribution in [1.29, 1.82) is 0 Å². The summed E-state index contributed by atoms with van der Waals surface area (Å²) in [6.07, 6.45) is 3.17. The zero-order chi connectivity index (χ0) is 27.8. The topological polar surface area (TPSA) is 156 Å². The van der Waals surface area contributed by atoms with Crippen molar-refractivity contribution < 1.29 is 41.9 Å². The van der Waals surface area contributed by atoms with Gasteiger partial charge in [-0.25, -0.2) is 32.2 Å². The van der Waals surface area contributed by atoms with Crippen LogP contribution in [0.2, 0.25) is 0 Å². The molecule has 0 aliphatic rings. The molecule has 0 aliphatic heterocycles. The van der Waals surface area contributed by atoms with Gasteiger partial charge in [0.15, 0.2) is 12.2 Å². The lowest BCUT2D eigenvalue weighted by atomic mass is 9.99. The van der Waals surface area contributed by atoms with Crippen LogP contribution in [0.25, 0.3) is 22.4 Å². The summed E-state index contributed by atoms with van der Waals surface area (Å²) in [5.74, 6) is 0. The zero-order valence-electron chi connectivity index (χ0n) is 20.8. The van der Waals surface area contributed by atoms with Gasteiger partial charge in [0.2, 0.25) is 15.7 Å². The average molecular weight is 557 g/mol. The summed E-state index contributed by atoms with van der Waals surface area (Å²) in [6.45, 7) is 2.85. The van der Waals surface area contributed by atoms with Crippen molar-refractivity contribution in [2.45, 2.75) is 37.6 Å². The first-order valence-corrected chi connectivity index (χ1v) is 14.6. The molecule has 0 aliphatic carbocycles. The van der Waals surface area contributed by atoms with Crippen molar-refractivity contribution in [3.63, 3.8) is 0 Å². The van der Waals surface area contributed by atoms with Gasteiger partial charge in [0, 0.05) is 29.7 Å². The number of unbranched alkanes of at least 4 members (excludes halogenated alkanes) is 1. The molecule has 3 aromatic carbocycles. The number of sulfonamides is 1. The molecule has 38 heavy (non-hydrogen) atoms. The number of nitrogens with two attached hydrogens (primary N) is 1. The van der Waals surface area contributed by atoms with Gasteiger partial charge < -0.3 is 0 Å². The summed E-state index contributed by atoms with van der Waals surface area (Å²) < 4.78 is 59.6. The predicted molar refractivity (Wildman–Crippen MR) is 133 cm³/mol. The summed E-state index contributed by atoms with van der Waals surface area (Å²) in [7, 11) is -8.65. The highest BCUT2D eigenvalue weighted by atomic mass is 35.7. The Morgan fingerprint density at radius 1 is 0.763 bits per heavy atom. The molecule has 8 nitrogen and oxygen atoms in total. The van der Waals surface area contributed by atoms with Gasteiger partial charge >= 0.3 is 0 Å². The monoisotopic (exact) mass is 556 g/mol. The quantitative estimate of drug-likeness (QED) is 0.313. The molecule has 0 atom stereocenters. The number of primary sulfonamides is 1. The molecule has 0 fully saturated rings. The second-order valence-electron chi connectivity index (χ2n) is 8.61. The van der Waals surface area contributed by atoms with E-state index in [0.29, 0.717) is 6.54 Å². The van der Waals surface area contributed by atoms with E-state index in [1.807, 2.05) is 24.3 Å². The molecule has 0 radical (unpaired) electrons. The van der Waals surface area contributed by atoms with Crippen LogP contribution >= 0.6 is 0 Å². The number of pyridine rings is 1. The molecule has 0 saturated carbocycles. The van der Waals surface area contributed by atoms with Crippen LogP contribution < -0.4 is 28.3 Å². The number of halogens is 1. The lowest BCUT2D eigenvalue weighted by Gasteiger charge is -2.17. The predicted octanol–water partition coefficient (Wildman–Crippen LogP) is 0.590.